The lowest BCUT2D eigenvalue weighted by atomic mass is 9.87. The summed E-state index contributed by atoms with van der Waals surface area (Å²) in [6, 6.07) is 24.2. The van der Waals surface area contributed by atoms with Crippen LogP contribution in [0.5, 0.6) is 17.2 Å². The number of hydrogen-bond donors (Lipinski definition) is 2. The van der Waals surface area contributed by atoms with Crippen LogP contribution in [0.25, 0.3) is 0 Å². The SMILES string of the molecule is COc1cc(C2CC(=O)Nc3n[nH]cc32)ccc1Oc1ccccc1Cc1ccccc1. The number of nitrogens with one attached hydrogen (secondary N) is 2. The van der Waals surface area contributed by atoms with Crippen LogP contribution in [0.3, 0.4) is 0 Å². The molecule has 1 amide bonds. The van der Waals surface area contributed by atoms with Gasteiger partial charge in [0.25, 0.3) is 0 Å². The number of H-pyrrole nitrogens is 1. The lowest BCUT2D eigenvalue weighted by molar-refractivity contribution is -0.116. The highest BCUT2D eigenvalue weighted by Gasteiger charge is 2.29. The number of nitrogens with zero attached hydrogens (tertiary/aromatic N) is 1. The van der Waals surface area contributed by atoms with Gasteiger partial charge in [-0.05, 0) is 34.9 Å². The van der Waals surface area contributed by atoms with Crippen LogP contribution >= 0.6 is 0 Å². The van der Waals surface area contributed by atoms with Crippen molar-refractivity contribution >= 4 is 11.7 Å². The normalized spacial score (nSPS) is 15.0. The van der Waals surface area contributed by atoms with E-state index in [9.17, 15) is 4.79 Å². The number of aromatic amines is 1. The van der Waals surface area contributed by atoms with Gasteiger partial charge in [-0.1, -0.05) is 54.6 Å². The number of anilines is 1. The standard InChI is InChI=1S/C26H23N3O3/c1-31-24-14-18(20-15-25(30)28-26-21(20)16-27-29-26)11-12-23(24)32-22-10-6-5-9-19(22)13-17-7-3-2-4-8-17/h2-12,14,16,20H,13,15H2,1H3,(H2,27,28,29,30). The molecule has 1 aliphatic heterocycles. The molecular weight excluding hydrogens is 402 g/mol. The van der Waals surface area contributed by atoms with E-state index in [1.807, 2.05) is 60.8 Å². The maximum Gasteiger partial charge on any atom is 0.226 e. The molecule has 160 valence electrons. The third-order valence-electron chi connectivity index (χ3n) is 5.71. The van der Waals surface area contributed by atoms with Crippen LogP contribution in [0.15, 0.2) is 79.0 Å². The third-order valence-corrected chi connectivity index (χ3v) is 5.71. The van der Waals surface area contributed by atoms with Crippen LogP contribution in [0.2, 0.25) is 0 Å². The Labute approximate surface area is 186 Å². The van der Waals surface area contributed by atoms with E-state index in [0.717, 1.165) is 28.9 Å². The predicted octanol–water partition coefficient (Wildman–Crippen LogP) is 5.28. The summed E-state index contributed by atoms with van der Waals surface area (Å²) in [7, 11) is 1.62. The number of para-hydroxylation sites is 1. The fraction of sp³-hybridized carbons (Fsp3) is 0.154. The monoisotopic (exact) mass is 425 g/mol. The molecule has 1 aromatic heterocycles. The highest BCUT2D eigenvalue weighted by molar-refractivity contribution is 5.94. The van der Waals surface area contributed by atoms with E-state index in [4.69, 9.17) is 9.47 Å². The molecule has 1 atom stereocenters. The Morgan fingerprint density at radius 3 is 2.62 bits per heavy atom. The summed E-state index contributed by atoms with van der Waals surface area (Å²) in [6.07, 6.45) is 2.96. The van der Waals surface area contributed by atoms with Gasteiger partial charge >= 0.3 is 0 Å². The van der Waals surface area contributed by atoms with Crippen molar-refractivity contribution in [2.24, 2.45) is 0 Å². The number of ether oxygens (including phenoxy) is 2. The number of rotatable bonds is 6. The molecule has 0 bridgehead atoms. The molecule has 1 aliphatic rings. The van der Waals surface area contributed by atoms with Gasteiger partial charge in [0, 0.05) is 30.5 Å². The van der Waals surface area contributed by atoms with Gasteiger partial charge in [0.05, 0.1) is 7.11 Å². The van der Waals surface area contributed by atoms with Crippen LogP contribution in [-0.4, -0.2) is 23.2 Å². The van der Waals surface area contributed by atoms with E-state index in [1.165, 1.54) is 5.56 Å². The third kappa shape index (κ3) is 3.95. The first-order chi connectivity index (χ1) is 15.7. The molecule has 0 aliphatic carbocycles. The van der Waals surface area contributed by atoms with Crippen molar-refractivity contribution in [2.45, 2.75) is 18.8 Å². The zero-order chi connectivity index (χ0) is 21.9. The number of amides is 1. The van der Waals surface area contributed by atoms with Crippen molar-refractivity contribution in [1.29, 1.82) is 0 Å². The molecule has 0 fully saturated rings. The van der Waals surface area contributed by atoms with E-state index >= 15 is 0 Å². The van der Waals surface area contributed by atoms with E-state index in [-0.39, 0.29) is 11.8 Å². The van der Waals surface area contributed by atoms with Crippen molar-refractivity contribution in [1.82, 2.24) is 10.2 Å². The van der Waals surface area contributed by atoms with Crippen molar-refractivity contribution in [3.05, 3.63) is 101 Å². The molecule has 0 spiro atoms. The van der Waals surface area contributed by atoms with Crippen LogP contribution in [0, 0.1) is 0 Å². The minimum Gasteiger partial charge on any atom is -0.493 e. The van der Waals surface area contributed by atoms with Gasteiger partial charge in [-0.15, -0.1) is 0 Å². The summed E-state index contributed by atoms with van der Waals surface area (Å²) in [5, 5.41) is 9.77. The topological polar surface area (TPSA) is 76.2 Å². The molecule has 1 unspecified atom stereocenters. The summed E-state index contributed by atoms with van der Waals surface area (Å²) < 4.78 is 12.0. The second-order valence-electron chi connectivity index (χ2n) is 7.78. The van der Waals surface area contributed by atoms with Crippen LogP contribution in [0.1, 0.15) is 34.6 Å². The molecule has 2 N–H and O–H groups in total. The highest BCUT2D eigenvalue weighted by Crippen LogP contribution is 2.40. The summed E-state index contributed by atoms with van der Waals surface area (Å²) in [5.41, 5.74) is 4.26. The molecule has 4 aromatic rings. The smallest absolute Gasteiger partial charge is 0.226 e. The number of hydrogen-bond acceptors (Lipinski definition) is 4. The van der Waals surface area contributed by atoms with Crippen molar-refractivity contribution < 1.29 is 14.3 Å². The summed E-state index contributed by atoms with van der Waals surface area (Å²) in [6.45, 7) is 0. The Kier molecular flexibility index (Phi) is 5.34. The molecule has 6 heteroatoms. The second kappa shape index (κ2) is 8.59. The van der Waals surface area contributed by atoms with E-state index in [0.29, 0.717) is 23.7 Å². The number of methoxy groups -OCH3 is 1. The molecule has 3 aromatic carbocycles. The molecule has 5 rings (SSSR count). The van der Waals surface area contributed by atoms with Gasteiger partial charge in [0.15, 0.2) is 17.3 Å². The van der Waals surface area contributed by atoms with E-state index in [2.05, 4.69) is 33.7 Å². The summed E-state index contributed by atoms with van der Waals surface area (Å²) >= 11 is 0. The minimum atomic E-state index is -0.0918. The maximum atomic E-state index is 12.1. The quantitative estimate of drug-likeness (QED) is 0.441. The molecular formula is C26H23N3O3. The first kappa shape index (κ1) is 19.9. The fourth-order valence-electron chi connectivity index (χ4n) is 4.11. The van der Waals surface area contributed by atoms with Gasteiger partial charge < -0.3 is 14.8 Å². The average Bonchev–Trinajstić information content (AvgIpc) is 3.29. The minimum absolute atomic E-state index is 0.0521. The van der Waals surface area contributed by atoms with Gasteiger partial charge in [-0.25, -0.2) is 0 Å². The lowest BCUT2D eigenvalue weighted by Gasteiger charge is -2.23. The number of benzene rings is 3. The Hall–Kier alpha value is -4.06. The molecule has 0 radical (unpaired) electrons. The highest BCUT2D eigenvalue weighted by atomic mass is 16.5. The number of carbonyl (C=O) groups is 1. The molecule has 6 nitrogen and oxygen atoms in total. The summed E-state index contributed by atoms with van der Waals surface area (Å²) in [4.78, 5) is 12.1. The number of fused-ring (bicyclic) bond motifs is 1. The Bertz CT molecular complexity index is 1250. The van der Waals surface area contributed by atoms with Crippen LogP contribution in [-0.2, 0) is 11.2 Å². The summed E-state index contributed by atoms with van der Waals surface area (Å²) in [5.74, 6) is 2.48. The average molecular weight is 425 g/mol. The van der Waals surface area contributed by atoms with Crippen LogP contribution < -0.4 is 14.8 Å². The van der Waals surface area contributed by atoms with Gasteiger partial charge in [-0.3, -0.25) is 9.89 Å². The Balaban J connectivity index is 1.44. The Morgan fingerprint density at radius 1 is 0.969 bits per heavy atom. The second-order valence-corrected chi connectivity index (χ2v) is 7.78. The van der Waals surface area contributed by atoms with Gasteiger partial charge in [0.1, 0.15) is 5.75 Å². The van der Waals surface area contributed by atoms with Crippen molar-refractivity contribution in [3.8, 4) is 17.2 Å². The van der Waals surface area contributed by atoms with E-state index < -0.39 is 0 Å². The molecule has 0 saturated heterocycles. The Morgan fingerprint density at radius 2 is 1.78 bits per heavy atom. The first-order valence-electron chi connectivity index (χ1n) is 10.5. The van der Waals surface area contributed by atoms with Crippen molar-refractivity contribution in [2.75, 3.05) is 12.4 Å². The molecule has 32 heavy (non-hydrogen) atoms. The number of carbonyl (C=O) groups excluding carboxylic acids is 1. The first-order valence-corrected chi connectivity index (χ1v) is 10.5. The van der Waals surface area contributed by atoms with Gasteiger partial charge in [-0.2, -0.15) is 5.10 Å². The zero-order valence-corrected chi connectivity index (χ0v) is 17.7. The largest absolute Gasteiger partial charge is 0.493 e. The predicted molar refractivity (Wildman–Crippen MR) is 122 cm³/mol. The molecule has 0 saturated carbocycles. The number of aromatic nitrogens is 2. The fourth-order valence-corrected chi connectivity index (χ4v) is 4.11. The van der Waals surface area contributed by atoms with E-state index in [1.54, 1.807) is 7.11 Å². The lowest BCUT2D eigenvalue weighted by Crippen LogP contribution is -2.22. The van der Waals surface area contributed by atoms with Gasteiger partial charge in [0.2, 0.25) is 5.91 Å². The zero-order valence-electron chi connectivity index (χ0n) is 17.7. The van der Waals surface area contributed by atoms with Crippen molar-refractivity contribution in [3.63, 3.8) is 0 Å². The van der Waals surface area contributed by atoms with Crippen LogP contribution in [0.4, 0.5) is 5.82 Å². The maximum absolute atomic E-state index is 12.1. The molecule has 2 heterocycles.